The lowest BCUT2D eigenvalue weighted by molar-refractivity contribution is -0.118. The van der Waals surface area contributed by atoms with E-state index in [1.807, 2.05) is 47.9 Å². The second-order valence-electron chi connectivity index (χ2n) is 6.93. The zero-order valence-corrected chi connectivity index (χ0v) is 19.8. The Hall–Kier alpha value is -3.20. The van der Waals surface area contributed by atoms with Crippen LogP contribution in [0.1, 0.15) is 11.1 Å². The molecule has 0 saturated carbocycles. The van der Waals surface area contributed by atoms with E-state index in [2.05, 4.69) is 25.7 Å². The quantitative estimate of drug-likeness (QED) is 0.216. The molecular weight excluding hydrogens is 479 g/mol. The van der Waals surface area contributed by atoms with Crippen LogP contribution < -0.4 is 5.43 Å². The number of hydrogen-bond acceptors (Lipinski definition) is 6. The molecule has 0 aliphatic carbocycles. The van der Waals surface area contributed by atoms with Gasteiger partial charge in [-0.2, -0.15) is 5.10 Å². The molecule has 0 aliphatic heterocycles. The molecular formula is C23H18Cl2N6OS. The van der Waals surface area contributed by atoms with Crippen LogP contribution in [-0.2, 0) is 4.79 Å². The maximum Gasteiger partial charge on any atom is 0.250 e. The lowest BCUT2D eigenvalue weighted by Gasteiger charge is -2.10. The number of benzene rings is 2. The lowest BCUT2D eigenvalue weighted by Crippen LogP contribution is -2.20. The summed E-state index contributed by atoms with van der Waals surface area (Å²) in [6.45, 7) is 2.02. The van der Waals surface area contributed by atoms with Crippen molar-refractivity contribution >= 4 is 47.1 Å². The smallest absolute Gasteiger partial charge is 0.250 e. The van der Waals surface area contributed by atoms with Crippen molar-refractivity contribution in [2.45, 2.75) is 12.1 Å². The summed E-state index contributed by atoms with van der Waals surface area (Å²) in [6, 6.07) is 16.9. The van der Waals surface area contributed by atoms with Crippen molar-refractivity contribution < 1.29 is 4.79 Å². The van der Waals surface area contributed by atoms with E-state index in [4.69, 9.17) is 23.2 Å². The molecule has 7 nitrogen and oxygen atoms in total. The highest BCUT2D eigenvalue weighted by molar-refractivity contribution is 7.99. The molecule has 0 atom stereocenters. The van der Waals surface area contributed by atoms with Gasteiger partial charge in [0.05, 0.1) is 22.0 Å². The van der Waals surface area contributed by atoms with Gasteiger partial charge in [0.2, 0.25) is 0 Å². The molecule has 4 rings (SSSR count). The fraction of sp³-hybridized carbons (Fsp3) is 0.0870. The van der Waals surface area contributed by atoms with E-state index in [1.54, 1.807) is 30.6 Å². The molecule has 0 aliphatic rings. The van der Waals surface area contributed by atoms with E-state index in [1.165, 1.54) is 18.0 Å². The molecule has 2 aromatic heterocycles. The van der Waals surface area contributed by atoms with E-state index in [9.17, 15) is 4.79 Å². The summed E-state index contributed by atoms with van der Waals surface area (Å²) in [7, 11) is 0. The molecule has 0 fully saturated rings. The molecule has 2 aromatic carbocycles. The first-order valence-corrected chi connectivity index (χ1v) is 11.6. The van der Waals surface area contributed by atoms with Gasteiger partial charge < -0.3 is 0 Å². The SMILES string of the molecule is Cc1ccc(-n2c(SCC(=O)NN=Cc3c(Cl)cccc3Cl)nnc2-c2ccncc2)cc1. The number of thioether (sulfide) groups is 1. The van der Waals surface area contributed by atoms with Crippen molar-refractivity contribution in [2.75, 3.05) is 5.75 Å². The largest absolute Gasteiger partial charge is 0.272 e. The molecule has 1 amide bonds. The molecule has 0 saturated heterocycles. The third kappa shape index (κ3) is 5.60. The Morgan fingerprint density at radius 2 is 1.76 bits per heavy atom. The number of halogens is 2. The van der Waals surface area contributed by atoms with E-state index >= 15 is 0 Å². The van der Waals surface area contributed by atoms with Crippen molar-refractivity contribution in [1.82, 2.24) is 25.2 Å². The van der Waals surface area contributed by atoms with E-state index in [-0.39, 0.29) is 11.7 Å². The van der Waals surface area contributed by atoms with Crippen LogP contribution in [0.4, 0.5) is 0 Å². The predicted molar refractivity (Wildman–Crippen MR) is 132 cm³/mol. The summed E-state index contributed by atoms with van der Waals surface area (Å²) in [5.74, 6) is 0.451. The minimum atomic E-state index is -0.302. The molecule has 0 unspecified atom stereocenters. The van der Waals surface area contributed by atoms with Gasteiger partial charge in [0, 0.05) is 29.2 Å². The monoisotopic (exact) mass is 496 g/mol. The average Bonchev–Trinajstić information content (AvgIpc) is 3.25. The minimum absolute atomic E-state index is 0.0912. The van der Waals surface area contributed by atoms with E-state index in [0.29, 0.717) is 26.6 Å². The Kier molecular flexibility index (Phi) is 7.39. The molecule has 10 heteroatoms. The highest BCUT2D eigenvalue weighted by Crippen LogP contribution is 2.28. The highest BCUT2D eigenvalue weighted by atomic mass is 35.5. The first kappa shape index (κ1) is 23.0. The van der Waals surface area contributed by atoms with E-state index in [0.717, 1.165) is 16.8 Å². The molecule has 166 valence electrons. The second kappa shape index (κ2) is 10.6. The van der Waals surface area contributed by atoms with Gasteiger partial charge in [-0.05, 0) is 43.3 Å². The number of aromatic nitrogens is 4. The van der Waals surface area contributed by atoms with E-state index < -0.39 is 0 Å². The maximum atomic E-state index is 12.4. The lowest BCUT2D eigenvalue weighted by atomic mass is 10.2. The summed E-state index contributed by atoms with van der Waals surface area (Å²) in [4.78, 5) is 16.4. The number of rotatable bonds is 7. The number of nitrogens with one attached hydrogen (secondary N) is 1. The summed E-state index contributed by atoms with van der Waals surface area (Å²) < 4.78 is 1.92. The molecule has 0 bridgehead atoms. The summed E-state index contributed by atoms with van der Waals surface area (Å²) in [5, 5.41) is 14.1. The molecule has 2 heterocycles. The first-order valence-electron chi connectivity index (χ1n) is 9.84. The third-order valence-corrected chi connectivity index (χ3v) is 6.17. The molecule has 0 spiro atoms. The van der Waals surface area contributed by atoms with Gasteiger partial charge in [0.25, 0.3) is 5.91 Å². The number of hydrazone groups is 1. The number of carbonyl (C=O) groups is 1. The van der Waals surface area contributed by atoms with Crippen molar-refractivity contribution in [1.29, 1.82) is 0 Å². The molecule has 1 N–H and O–H groups in total. The van der Waals surface area contributed by atoms with Crippen LogP contribution in [0.2, 0.25) is 10.0 Å². The fourth-order valence-corrected chi connectivity index (χ4v) is 4.18. The maximum absolute atomic E-state index is 12.4. The molecule has 33 heavy (non-hydrogen) atoms. The van der Waals surface area contributed by atoms with Gasteiger partial charge in [0.15, 0.2) is 11.0 Å². The number of aryl methyl sites for hydroxylation is 1. The zero-order chi connectivity index (χ0) is 23.2. The van der Waals surface area contributed by atoms with Crippen molar-refractivity contribution in [3.8, 4) is 17.1 Å². The number of nitrogens with zero attached hydrogens (tertiary/aromatic N) is 5. The first-order chi connectivity index (χ1) is 16.0. The summed E-state index contributed by atoms with van der Waals surface area (Å²) >= 11 is 13.5. The van der Waals surface area contributed by atoms with Crippen LogP contribution >= 0.6 is 35.0 Å². The van der Waals surface area contributed by atoms with Crippen molar-refractivity contribution in [3.05, 3.63) is 88.2 Å². The zero-order valence-electron chi connectivity index (χ0n) is 17.4. The summed E-state index contributed by atoms with van der Waals surface area (Å²) in [5.41, 5.74) is 5.93. The fourth-order valence-electron chi connectivity index (χ4n) is 2.94. The van der Waals surface area contributed by atoms with Crippen LogP contribution in [0.3, 0.4) is 0 Å². The Bertz CT molecular complexity index is 1270. The van der Waals surface area contributed by atoms with Gasteiger partial charge in [-0.25, -0.2) is 5.43 Å². The Balaban J connectivity index is 1.51. The van der Waals surface area contributed by atoms with Gasteiger partial charge in [0.1, 0.15) is 0 Å². The van der Waals surface area contributed by atoms with Crippen LogP contribution in [0.15, 0.2) is 77.2 Å². The number of pyridine rings is 1. The van der Waals surface area contributed by atoms with Crippen LogP contribution in [0, 0.1) is 6.92 Å². The van der Waals surface area contributed by atoms with Crippen molar-refractivity contribution in [2.24, 2.45) is 5.10 Å². The van der Waals surface area contributed by atoms with Crippen LogP contribution in [-0.4, -0.2) is 37.6 Å². The normalized spacial score (nSPS) is 11.1. The highest BCUT2D eigenvalue weighted by Gasteiger charge is 2.17. The number of carbonyl (C=O) groups excluding carboxylic acids is 1. The van der Waals surface area contributed by atoms with Crippen LogP contribution in [0.5, 0.6) is 0 Å². The Labute approximate surface area is 204 Å². The van der Waals surface area contributed by atoms with Gasteiger partial charge in [-0.15, -0.1) is 10.2 Å². The Morgan fingerprint density at radius 1 is 1.06 bits per heavy atom. The number of amides is 1. The minimum Gasteiger partial charge on any atom is -0.272 e. The van der Waals surface area contributed by atoms with Gasteiger partial charge >= 0.3 is 0 Å². The third-order valence-electron chi connectivity index (χ3n) is 4.58. The second-order valence-corrected chi connectivity index (χ2v) is 8.69. The van der Waals surface area contributed by atoms with Gasteiger partial charge in [-0.1, -0.05) is 58.7 Å². The standard InChI is InChI=1S/C23H18Cl2N6OS/c1-15-5-7-17(8-6-15)31-22(16-9-11-26-12-10-16)29-30-23(31)33-14-21(32)28-27-13-18-19(24)3-2-4-20(18)25/h2-13H,14H2,1H3,(H,28,32). The molecule has 0 radical (unpaired) electrons. The van der Waals surface area contributed by atoms with Crippen molar-refractivity contribution in [3.63, 3.8) is 0 Å². The predicted octanol–water partition coefficient (Wildman–Crippen LogP) is 5.19. The van der Waals surface area contributed by atoms with Gasteiger partial charge in [-0.3, -0.25) is 14.3 Å². The Morgan fingerprint density at radius 3 is 2.45 bits per heavy atom. The average molecular weight is 497 g/mol. The summed E-state index contributed by atoms with van der Waals surface area (Å²) in [6.07, 6.45) is 4.82. The van der Waals surface area contributed by atoms with Crippen LogP contribution in [0.25, 0.3) is 17.1 Å². The number of hydrogen-bond donors (Lipinski definition) is 1. The molecule has 4 aromatic rings. The topological polar surface area (TPSA) is 85.1 Å².